The maximum absolute atomic E-state index is 11.6. The van der Waals surface area contributed by atoms with Gasteiger partial charge < -0.3 is 5.73 Å². The predicted octanol–water partition coefficient (Wildman–Crippen LogP) is 2.08. The summed E-state index contributed by atoms with van der Waals surface area (Å²) in [7, 11) is 0. The van der Waals surface area contributed by atoms with Crippen LogP contribution in [0.2, 0.25) is 0 Å². The second-order valence-electron chi connectivity index (χ2n) is 4.87. The minimum Gasteiger partial charge on any atom is -0.327 e. The summed E-state index contributed by atoms with van der Waals surface area (Å²) in [6, 6.07) is 8.23. The van der Waals surface area contributed by atoms with Crippen LogP contribution in [0.5, 0.6) is 0 Å². The van der Waals surface area contributed by atoms with E-state index < -0.39 is 0 Å². The van der Waals surface area contributed by atoms with E-state index in [-0.39, 0.29) is 17.0 Å². The number of nitrogens with two attached hydrogens (primary N) is 1. The minimum atomic E-state index is -0.178. The highest BCUT2D eigenvalue weighted by atomic mass is 32.2. The van der Waals surface area contributed by atoms with Gasteiger partial charge in [-0.05, 0) is 26.3 Å². The van der Waals surface area contributed by atoms with E-state index in [1.54, 1.807) is 4.57 Å². The maximum atomic E-state index is 11.6. The van der Waals surface area contributed by atoms with Crippen LogP contribution in [0.4, 0.5) is 0 Å². The smallest absolute Gasteiger partial charge is 0.327 e. The van der Waals surface area contributed by atoms with Crippen molar-refractivity contribution >= 4 is 11.8 Å². The van der Waals surface area contributed by atoms with E-state index in [1.165, 1.54) is 17.3 Å². The molecule has 0 radical (unpaired) electrons. The van der Waals surface area contributed by atoms with E-state index in [2.05, 4.69) is 35.3 Å². The van der Waals surface area contributed by atoms with Crippen molar-refractivity contribution in [2.75, 3.05) is 0 Å². The van der Waals surface area contributed by atoms with Crippen molar-refractivity contribution in [3.63, 3.8) is 0 Å². The number of hydrogen-bond acceptors (Lipinski definition) is 4. The Morgan fingerprint density at radius 2 is 2.25 bits per heavy atom. The summed E-state index contributed by atoms with van der Waals surface area (Å²) in [4.78, 5) is 11.6. The molecule has 5 nitrogen and oxygen atoms in total. The van der Waals surface area contributed by atoms with Crippen molar-refractivity contribution < 1.29 is 0 Å². The predicted molar refractivity (Wildman–Crippen MR) is 81.9 cm³/mol. The van der Waals surface area contributed by atoms with Crippen LogP contribution in [0.15, 0.2) is 34.2 Å². The number of aryl methyl sites for hydroxylation is 1. The van der Waals surface area contributed by atoms with Gasteiger partial charge in [0, 0.05) is 12.6 Å². The number of nitrogens with zero attached hydrogens (tertiary/aromatic N) is 2. The van der Waals surface area contributed by atoms with Crippen molar-refractivity contribution in [2.24, 2.45) is 5.73 Å². The molecule has 0 aliphatic rings. The maximum Gasteiger partial charge on any atom is 0.343 e. The van der Waals surface area contributed by atoms with E-state index in [9.17, 15) is 4.79 Å². The first-order valence-electron chi connectivity index (χ1n) is 6.67. The summed E-state index contributed by atoms with van der Waals surface area (Å²) in [5.74, 6) is 0. The topological polar surface area (TPSA) is 76.7 Å². The van der Waals surface area contributed by atoms with Crippen LogP contribution in [0.1, 0.15) is 30.2 Å². The molecule has 0 fully saturated rings. The standard InChI is InChI=1S/C14H20N4OS/c1-4-18-13(19)16-17-14(18)20-12(10(3)15)11-7-5-6-9(2)8-11/h5-8,10,12H,4,15H2,1-3H3,(H,16,19). The molecule has 0 bridgehead atoms. The van der Waals surface area contributed by atoms with Crippen LogP contribution in [0, 0.1) is 6.92 Å². The fourth-order valence-electron chi connectivity index (χ4n) is 2.11. The van der Waals surface area contributed by atoms with Crippen molar-refractivity contribution in [3.8, 4) is 0 Å². The van der Waals surface area contributed by atoms with Gasteiger partial charge in [-0.3, -0.25) is 4.57 Å². The van der Waals surface area contributed by atoms with Crippen molar-refractivity contribution in [2.45, 2.75) is 43.8 Å². The van der Waals surface area contributed by atoms with Crippen molar-refractivity contribution in [1.82, 2.24) is 14.8 Å². The third-order valence-electron chi connectivity index (χ3n) is 3.12. The first-order valence-corrected chi connectivity index (χ1v) is 7.55. The summed E-state index contributed by atoms with van der Waals surface area (Å²) < 4.78 is 1.62. The Morgan fingerprint density at radius 1 is 1.50 bits per heavy atom. The lowest BCUT2D eigenvalue weighted by Crippen LogP contribution is -2.23. The van der Waals surface area contributed by atoms with Gasteiger partial charge in [-0.25, -0.2) is 9.89 Å². The molecule has 2 aromatic rings. The van der Waals surface area contributed by atoms with E-state index in [0.717, 1.165) is 5.56 Å². The summed E-state index contributed by atoms with van der Waals surface area (Å²) in [5.41, 5.74) is 8.29. The van der Waals surface area contributed by atoms with Gasteiger partial charge in [0.1, 0.15) is 0 Å². The molecular weight excluding hydrogens is 272 g/mol. The first kappa shape index (κ1) is 14.9. The number of hydrogen-bond donors (Lipinski definition) is 2. The molecule has 20 heavy (non-hydrogen) atoms. The molecule has 1 aromatic heterocycles. The summed E-state index contributed by atoms with van der Waals surface area (Å²) in [6.45, 7) is 6.55. The van der Waals surface area contributed by atoms with E-state index in [4.69, 9.17) is 5.73 Å². The van der Waals surface area contributed by atoms with Gasteiger partial charge >= 0.3 is 5.69 Å². The van der Waals surface area contributed by atoms with Gasteiger partial charge in [-0.2, -0.15) is 0 Å². The number of rotatable bonds is 5. The molecular formula is C14H20N4OS. The molecule has 1 aromatic carbocycles. The van der Waals surface area contributed by atoms with Crippen LogP contribution < -0.4 is 11.4 Å². The zero-order valence-corrected chi connectivity index (χ0v) is 12.8. The Bertz CT molecular complexity index is 632. The molecule has 2 rings (SSSR count). The van der Waals surface area contributed by atoms with Gasteiger partial charge in [0.25, 0.3) is 0 Å². The molecule has 2 unspecified atom stereocenters. The molecule has 0 saturated heterocycles. The average Bonchev–Trinajstić information content (AvgIpc) is 2.75. The van der Waals surface area contributed by atoms with Crippen LogP contribution in [0.3, 0.4) is 0 Å². The summed E-state index contributed by atoms with van der Waals surface area (Å²) in [5, 5.41) is 7.33. The van der Waals surface area contributed by atoms with Crippen LogP contribution in [-0.4, -0.2) is 20.8 Å². The van der Waals surface area contributed by atoms with Gasteiger partial charge in [0.2, 0.25) is 0 Å². The summed E-state index contributed by atoms with van der Waals surface area (Å²) >= 11 is 1.53. The van der Waals surface area contributed by atoms with Crippen molar-refractivity contribution in [3.05, 3.63) is 45.9 Å². The molecule has 2 atom stereocenters. The molecule has 108 valence electrons. The number of aromatic amines is 1. The fourth-order valence-corrected chi connectivity index (χ4v) is 3.27. The first-order chi connectivity index (χ1) is 9.52. The van der Waals surface area contributed by atoms with Crippen LogP contribution in [-0.2, 0) is 6.54 Å². The third kappa shape index (κ3) is 3.13. The molecule has 3 N–H and O–H groups in total. The van der Waals surface area contributed by atoms with Gasteiger partial charge in [-0.15, -0.1) is 5.10 Å². The normalized spacial score (nSPS) is 14.2. The number of benzene rings is 1. The Labute approximate surface area is 122 Å². The zero-order valence-electron chi connectivity index (χ0n) is 12.0. The van der Waals surface area contributed by atoms with Gasteiger partial charge in [0.15, 0.2) is 5.16 Å². The molecule has 0 amide bonds. The molecule has 0 saturated carbocycles. The van der Waals surface area contributed by atoms with E-state index in [1.807, 2.05) is 19.9 Å². The Kier molecular flexibility index (Phi) is 4.67. The molecule has 1 heterocycles. The van der Waals surface area contributed by atoms with E-state index >= 15 is 0 Å². The Balaban J connectivity index is 2.33. The van der Waals surface area contributed by atoms with Gasteiger partial charge in [0.05, 0.1) is 5.25 Å². The third-order valence-corrected chi connectivity index (χ3v) is 4.60. The molecule has 0 aliphatic carbocycles. The largest absolute Gasteiger partial charge is 0.343 e. The number of H-pyrrole nitrogens is 1. The highest BCUT2D eigenvalue weighted by Crippen LogP contribution is 2.35. The monoisotopic (exact) mass is 292 g/mol. The highest BCUT2D eigenvalue weighted by molar-refractivity contribution is 7.99. The Morgan fingerprint density at radius 3 is 2.85 bits per heavy atom. The lowest BCUT2D eigenvalue weighted by molar-refractivity contribution is 0.652. The number of nitrogens with one attached hydrogen (secondary N) is 1. The Hall–Kier alpha value is -1.53. The lowest BCUT2D eigenvalue weighted by atomic mass is 10.0. The second-order valence-corrected chi connectivity index (χ2v) is 5.98. The second kappa shape index (κ2) is 6.28. The van der Waals surface area contributed by atoms with Crippen LogP contribution in [0.25, 0.3) is 0 Å². The van der Waals surface area contributed by atoms with Crippen molar-refractivity contribution in [1.29, 1.82) is 0 Å². The fraction of sp³-hybridized carbons (Fsp3) is 0.429. The zero-order chi connectivity index (χ0) is 14.7. The molecule has 0 aliphatic heterocycles. The van der Waals surface area contributed by atoms with Crippen LogP contribution >= 0.6 is 11.8 Å². The lowest BCUT2D eigenvalue weighted by Gasteiger charge is -2.20. The highest BCUT2D eigenvalue weighted by Gasteiger charge is 2.21. The molecule has 0 spiro atoms. The average molecular weight is 292 g/mol. The number of aromatic nitrogens is 3. The SMILES string of the molecule is CCn1c(SC(c2cccc(C)c2)C(C)N)n[nH]c1=O. The summed E-state index contributed by atoms with van der Waals surface area (Å²) in [6.07, 6.45) is 0. The van der Waals surface area contributed by atoms with Gasteiger partial charge in [-0.1, -0.05) is 41.6 Å². The minimum absolute atomic E-state index is 0.0427. The van der Waals surface area contributed by atoms with E-state index in [0.29, 0.717) is 11.7 Å². The number of thioether (sulfide) groups is 1. The quantitative estimate of drug-likeness (QED) is 0.827. The molecule has 6 heteroatoms.